The molecule has 1 aromatic carbocycles. The average molecular weight is 218 g/mol. The molecule has 0 saturated heterocycles. The Morgan fingerprint density at radius 1 is 1.00 bits per heavy atom. The second-order valence-corrected chi connectivity index (χ2v) is 5.29. The van der Waals surface area contributed by atoms with E-state index in [0.29, 0.717) is 0 Å². The van der Waals surface area contributed by atoms with Gasteiger partial charge in [0.25, 0.3) is 0 Å². The molecule has 0 amide bonds. The molecular weight excluding hydrogens is 202 g/mol. The lowest BCUT2D eigenvalue weighted by Gasteiger charge is -1.99. The van der Waals surface area contributed by atoms with Crippen molar-refractivity contribution in [1.29, 1.82) is 0 Å². The molecule has 1 aromatic heterocycles. The van der Waals surface area contributed by atoms with Crippen LogP contribution in [0.15, 0.2) is 24.3 Å². The Bertz CT molecular complexity index is 497. The molecule has 2 rings (SSSR count). The number of benzene rings is 1. The van der Waals surface area contributed by atoms with Gasteiger partial charge in [-0.25, -0.2) is 0 Å². The smallest absolute Gasteiger partial charge is 0.152 e. The first-order valence-electron chi connectivity index (χ1n) is 5.16. The van der Waals surface area contributed by atoms with Crippen LogP contribution in [0.5, 0.6) is 0 Å². The SMILES string of the molecule is Cc1ccccc1-[n+]1c(C)sc(C)c1C. The highest BCUT2D eigenvalue weighted by Gasteiger charge is 2.21. The Morgan fingerprint density at radius 3 is 2.20 bits per heavy atom. The third-order valence-electron chi connectivity index (χ3n) is 2.82. The summed E-state index contributed by atoms with van der Waals surface area (Å²) in [7, 11) is 0. The van der Waals surface area contributed by atoms with E-state index < -0.39 is 0 Å². The van der Waals surface area contributed by atoms with Crippen LogP contribution in [0, 0.1) is 27.7 Å². The Hall–Kier alpha value is -1.15. The zero-order chi connectivity index (χ0) is 11.0. The van der Waals surface area contributed by atoms with Crippen molar-refractivity contribution >= 4 is 11.3 Å². The van der Waals surface area contributed by atoms with Gasteiger partial charge in [-0.05, 0) is 13.8 Å². The van der Waals surface area contributed by atoms with Gasteiger partial charge in [0.2, 0.25) is 10.7 Å². The molecule has 0 atom stereocenters. The summed E-state index contributed by atoms with van der Waals surface area (Å²) in [6.07, 6.45) is 0. The summed E-state index contributed by atoms with van der Waals surface area (Å²) in [6, 6.07) is 8.53. The van der Waals surface area contributed by atoms with Gasteiger partial charge in [0.05, 0.1) is 4.88 Å². The van der Waals surface area contributed by atoms with Crippen LogP contribution < -0.4 is 4.57 Å². The summed E-state index contributed by atoms with van der Waals surface area (Å²) >= 11 is 1.86. The summed E-state index contributed by atoms with van der Waals surface area (Å²) in [5.74, 6) is 0. The normalized spacial score (nSPS) is 10.7. The van der Waals surface area contributed by atoms with E-state index >= 15 is 0 Å². The Kier molecular flexibility index (Phi) is 2.61. The van der Waals surface area contributed by atoms with Crippen molar-refractivity contribution < 1.29 is 4.57 Å². The van der Waals surface area contributed by atoms with Gasteiger partial charge < -0.3 is 0 Å². The minimum absolute atomic E-state index is 1.30. The van der Waals surface area contributed by atoms with E-state index in [0.717, 1.165) is 0 Å². The minimum atomic E-state index is 1.30. The molecule has 1 heterocycles. The minimum Gasteiger partial charge on any atom is -0.152 e. The number of aromatic nitrogens is 1. The van der Waals surface area contributed by atoms with Crippen molar-refractivity contribution in [1.82, 2.24) is 0 Å². The second kappa shape index (κ2) is 3.78. The van der Waals surface area contributed by atoms with Gasteiger partial charge in [0.1, 0.15) is 0 Å². The zero-order valence-corrected chi connectivity index (χ0v) is 10.5. The van der Waals surface area contributed by atoms with Crippen molar-refractivity contribution in [2.45, 2.75) is 27.7 Å². The molecule has 0 aliphatic carbocycles. The van der Waals surface area contributed by atoms with E-state index in [4.69, 9.17) is 0 Å². The van der Waals surface area contributed by atoms with E-state index in [1.165, 1.54) is 26.8 Å². The highest BCUT2D eigenvalue weighted by Crippen LogP contribution is 2.18. The lowest BCUT2D eigenvalue weighted by molar-refractivity contribution is -0.604. The molecule has 0 fully saturated rings. The Morgan fingerprint density at radius 2 is 1.67 bits per heavy atom. The molecule has 0 spiro atoms. The highest BCUT2D eigenvalue weighted by atomic mass is 32.1. The standard InChI is InChI=1S/C13H16NS/c1-9-7-5-6-8-13(9)14-10(2)11(3)15-12(14)4/h5-8H,1-4H3/q+1. The molecular formula is C13H16NS+. The van der Waals surface area contributed by atoms with Crippen LogP contribution in [0.25, 0.3) is 5.69 Å². The van der Waals surface area contributed by atoms with E-state index in [2.05, 4.69) is 56.5 Å². The van der Waals surface area contributed by atoms with E-state index in [9.17, 15) is 0 Å². The molecule has 15 heavy (non-hydrogen) atoms. The molecule has 78 valence electrons. The number of aryl methyl sites for hydroxylation is 3. The molecule has 1 nitrogen and oxygen atoms in total. The third kappa shape index (κ3) is 1.70. The van der Waals surface area contributed by atoms with Gasteiger partial charge in [-0.15, -0.1) is 0 Å². The Balaban J connectivity index is 2.69. The van der Waals surface area contributed by atoms with E-state index in [-0.39, 0.29) is 0 Å². The largest absolute Gasteiger partial charge is 0.240 e. The van der Waals surface area contributed by atoms with Gasteiger partial charge in [0, 0.05) is 25.5 Å². The van der Waals surface area contributed by atoms with Crippen LogP contribution in [0.4, 0.5) is 0 Å². The summed E-state index contributed by atoms with van der Waals surface area (Å²) in [5.41, 5.74) is 3.98. The fourth-order valence-corrected chi connectivity index (χ4v) is 2.91. The quantitative estimate of drug-likeness (QED) is 0.647. The molecule has 2 aromatic rings. The summed E-state index contributed by atoms with van der Waals surface area (Å²) in [6.45, 7) is 8.71. The van der Waals surface area contributed by atoms with Crippen molar-refractivity contribution in [2.24, 2.45) is 0 Å². The first-order valence-corrected chi connectivity index (χ1v) is 5.97. The molecule has 0 unspecified atom stereocenters. The van der Waals surface area contributed by atoms with Gasteiger partial charge in [-0.1, -0.05) is 29.5 Å². The molecule has 0 aliphatic rings. The maximum atomic E-state index is 2.34. The molecule has 2 heteroatoms. The van der Waals surface area contributed by atoms with Gasteiger partial charge in [-0.2, -0.15) is 4.57 Å². The topological polar surface area (TPSA) is 3.88 Å². The number of rotatable bonds is 1. The van der Waals surface area contributed by atoms with Crippen molar-refractivity contribution in [3.8, 4) is 5.69 Å². The predicted octanol–water partition coefficient (Wildman–Crippen LogP) is 3.26. The van der Waals surface area contributed by atoms with Gasteiger partial charge in [0.15, 0.2) is 5.69 Å². The van der Waals surface area contributed by atoms with Crippen LogP contribution in [-0.2, 0) is 0 Å². The first-order chi connectivity index (χ1) is 7.11. The highest BCUT2D eigenvalue weighted by molar-refractivity contribution is 7.11. The first kappa shape index (κ1) is 10.4. The average Bonchev–Trinajstić information content (AvgIpc) is 2.43. The lowest BCUT2D eigenvalue weighted by atomic mass is 10.2. The molecule has 0 radical (unpaired) electrons. The van der Waals surface area contributed by atoms with E-state index in [1.807, 2.05) is 11.3 Å². The molecule has 0 saturated carbocycles. The van der Waals surface area contributed by atoms with Crippen LogP contribution >= 0.6 is 11.3 Å². The molecule has 0 aliphatic heterocycles. The van der Waals surface area contributed by atoms with Crippen molar-refractivity contribution in [3.63, 3.8) is 0 Å². The summed E-state index contributed by atoms with van der Waals surface area (Å²) in [4.78, 5) is 1.40. The number of para-hydroxylation sites is 1. The summed E-state index contributed by atoms with van der Waals surface area (Å²) in [5, 5.41) is 1.35. The molecule has 0 bridgehead atoms. The maximum absolute atomic E-state index is 2.34. The van der Waals surface area contributed by atoms with Crippen LogP contribution in [0.3, 0.4) is 0 Å². The fourth-order valence-electron chi connectivity index (χ4n) is 1.90. The second-order valence-electron chi connectivity index (χ2n) is 3.88. The van der Waals surface area contributed by atoms with Gasteiger partial charge >= 0.3 is 0 Å². The number of hydrogen-bond acceptors (Lipinski definition) is 1. The van der Waals surface area contributed by atoms with Crippen molar-refractivity contribution in [2.75, 3.05) is 0 Å². The fraction of sp³-hybridized carbons (Fsp3) is 0.308. The van der Waals surface area contributed by atoms with Crippen molar-refractivity contribution in [3.05, 3.63) is 45.4 Å². The maximum Gasteiger partial charge on any atom is 0.240 e. The molecule has 0 N–H and O–H groups in total. The monoisotopic (exact) mass is 218 g/mol. The van der Waals surface area contributed by atoms with Crippen LogP contribution in [0.1, 0.15) is 21.1 Å². The number of thiazole rings is 1. The van der Waals surface area contributed by atoms with Crippen LogP contribution in [-0.4, -0.2) is 0 Å². The third-order valence-corrected chi connectivity index (χ3v) is 3.90. The van der Waals surface area contributed by atoms with E-state index in [1.54, 1.807) is 0 Å². The van der Waals surface area contributed by atoms with Gasteiger partial charge in [-0.3, -0.25) is 0 Å². The number of hydrogen-bond donors (Lipinski definition) is 0. The lowest BCUT2D eigenvalue weighted by Crippen LogP contribution is -2.35. The Labute approximate surface area is 95.0 Å². The summed E-state index contributed by atoms with van der Waals surface area (Å²) < 4.78 is 2.34. The predicted molar refractivity (Wildman–Crippen MR) is 64.8 cm³/mol. The zero-order valence-electron chi connectivity index (χ0n) is 9.66. The number of nitrogens with zero attached hydrogens (tertiary/aromatic N) is 1. The van der Waals surface area contributed by atoms with Crippen LogP contribution in [0.2, 0.25) is 0 Å².